The zero-order valence-electron chi connectivity index (χ0n) is 8.74. The summed E-state index contributed by atoms with van der Waals surface area (Å²) in [6.07, 6.45) is 7.68. The average Bonchev–Trinajstić information content (AvgIpc) is 3.00. The van der Waals surface area contributed by atoms with E-state index in [0.717, 1.165) is 19.0 Å². The van der Waals surface area contributed by atoms with Crippen molar-refractivity contribution in [2.45, 2.75) is 32.2 Å². The van der Waals surface area contributed by atoms with Crippen LogP contribution in [0, 0.1) is 5.92 Å². The van der Waals surface area contributed by atoms with E-state index >= 15 is 0 Å². The highest BCUT2D eigenvalue weighted by Crippen LogP contribution is 2.19. The predicted molar refractivity (Wildman–Crippen MR) is 58.1 cm³/mol. The van der Waals surface area contributed by atoms with Crippen molar-refractivity contribution in [3.05, 3.63) is 30.1 Å². The zero-order chi connectivity index (χ0) is 9.80. The van der Waals surface area contributed by atoms with Crippen LogP contribution in [0.15, 0.2) is 24.5 Å². The van der Waals surface area contributed by atoms with Gasteiger partial charge in [-0.3, -0.25) is 4.98 Å². The number of hydrogen-bond acceptors (Lipinski definition) is 2. The van der Waals surface area contributed by atoms with Gasteiger partial charge in [0.15, 0.2) is 0 Å². The van der Waals surface area contributed by atoms with Gasteiger partial charge in [-0.1, -0.05) is 13.0 Å². The standard InChI is InChI=1S/C12H18N2/c1-10(8-14-12-4-5-12)7-11-3-2-6-13-9-11/h2-3,6,9-10,12,14H,4-5,7-8H2,1H3. The van der Waals surface area contributed by atoms with Crippen LogP contribution in [0.2, 0.25) is 0 Å². The molecule has 1 atom stereocenters. The van der Waals surface area contributed by atoms with Crippen molar-refractivity contribution < 1.29 is 0 Å². The van der Waals surface area contributed by atoms with Gasteiger partial charge in [-0.25, -0.2) is 0 Å². The first-order valence-corrected chi connectivity index (χ1v) is 5.47. The molecule has 1 fully saturated rings. The van der Waals surface area contributed by atoms with Crippen molar-refractivity contribution in [3.8, 4) is 0 Å². The number of nitrogens with one attached hydrogen (secondary N) is 1. The Labute approximate surface area is 85.7 Å². The van der Waals surface area contributed by atoms with Crippen molar-refractivity contribution in [2.75, 3.05) is 6.54 Å². The lowest BCUT2D eigenvalue weighted by Gasteiger charge is -2.11. The summed E-state index contributed by atoms with van der Waals surface area (Å²) in [5, 5.41) is 3.56. The predicted octanol–water partition coefficient (Wildman–Crippen LogP) is 2.01. The maximum Gasteiger partial charge on any atom is 0.0299 e. The van der Waals surface area contributed by atoms with Crippen LogP contribution in [0.5, 0.6) is 0 Å². The lowest BCUT2D eigenvalue weighted by Crippen LogP contribution is -2.24. The molecule has 2 rings (SSSR count). The number of nitrogens with zero attached hydrogens (tertiary/aromatic N) is 1. The van der Waals surface area contributed by atoms with Gasteiger partial charge < -0.3 is 5.32 Å². The Morgan fingerprint density at radius 1 is 1.57 bits per heavy atom. The number of rotatable bonds is 5. The third kappa shape index (κ3) is 3.11. The molecule has 1 aromatic heterocycles. The van der Waals surface area contributed by atoms with Crippen LogP contribution < -0.4 is 5.32 Å². The molecule has 1 heterocycles. The van der Waals surface area contributed by atoms with Gasteiger partial charge in [0.05, 0.1) is 0 Å². The first-order chi connectivity index (χ1) is 6.84. The normalized spacial score (nSPS) is 18.1. The summed E-state index contributed by atoms with van der Waals surface area (Å²) in [5.41, 5.74) is 1.34. The molecule has 0 aliphatic heterocycles. The van der Waals surface area contributed by atoms with Crippen molar-refractivity contribution in [2.24, 2.45) is 5.92 Å². The van der Waals surface area contributed by atoms with Crippen molar-refractivity contribution in [1.29, 1.82) is 0 Å². The Hall–Kier alpha value is -0.890. The van der Waals surface area contributed by atoms with Crippen LogP contribution in [-0.2, 0) is 6.42 Å². The molecule has 1 aliphatic rings. The van der Waals surface area contributed by atoms with Crippen molar-refractivity contribution in [1.82, 2.24) is 10.3 Å². The van der Waals surface area contributed by atoms with Crippen LogP contribution in [0.3, 0.4) is 0 Å². The summed E-state index contributed by atoms with van der Waals surface area (Å²) in [7, 11) is 0. The molecule has 0 spiro atoms. The smallest absolute Gasteiger partial charge is 0.0299 e. The van der Waals surface area contributed by atoms with E-state index in [4.69, 9.17) is 0 Å². The van der Waals surface area contributed by atoms with Gasteiger partial charge in [-0.2, -0.15) is 0 Å². The van der Waals surface area contributed by atoms with Gasteiger partial charge in [0, 0.05) is 18.4 Å². The minimum Gasteiger partial charge on any atom is -0.314 e. The monoisotopic (exact) mass is 190 g/mol. The fourth-order valence-corrected chi connectivity index (χ4v) is 1.65. The van der Waals surface area contributed by atoms with Gasteiger partial charge in [-0.05, 0) is 43.4 Å². The highest BCUT2D eigenvalue weighted by atomic mass is 14.9. The Morgan fingerprint density at radius 2 is 2.43 bits per heavy atom. The van der Waals surface area contributed by atoms with E-state index in [1.807, 2.05) is 18.5 Å². The topological polar surface area (TPSA) is 24.9 Å². The van der Waals surface area contributed by atoms with E-state index in [1.165, 1.54) is 18.4 Å². The van der Waals surface area contributed by atoms with E-state index in [1.54, 1.807) is 0 Å². The van der Waals surface area contributed by atoms with Gasteiger partial charge >= 0.3 is 0 Å². The molecule has 1 aromatic rings. The molecule has 2 heteroatoms. The molecular formula is C12H18N2. The van der Waals surface area contributed by atoms with Crippen LogP contribution >= 0.6 is 0 Å². The highest BCUT2D eigenvalue weighted by Gasteiger charge is 2.20. The van der Waals surface area contributed by atoms with E-state index in [-0.39, 0.29) is 0 Å². The molecule has 76 valence electrons. The van der Waals surface area contributed by atoms with Gasteiger partial charge in [-0.15, -0.1) is 0 Å². The van der Waals surface area contributed by atoms with Crippen LogP contribution in [0.25, 0.3) is 0 Å². The summed E-state index contributed by atoms with van der Waals surface area (Å²) in [5.74, 6) is 0.708. The fraction of sp³-hybridized carbons (Fsp3) is 0.583. The van der Waals surface area contributed by atoms with Crippen LogP contribution in [-0.4, -0.2) is 17.6 Å². The van der Waals surface area contributed by atoms with Crippen molar-refractivity contribution in [3.63, 3.8) is 0 Å². The molecule has 1 N–H and O–H groups in total. The lowest BCUT2D eigenvalue weighted by molar-refractivity contribution is 0.508. The van der Waals surface area contributed by atoms with Gasteiger partial charge in [0.25, 0.3) is 0 Å². The molecule has 0 radical (unpaired) electrons. The number of pyridine rings is 1. The molecule has 1 aliphatic carbocycles. The largest absolute Gasteiger partial charge is 0.314 e. The van der Waals surface area contributed by atoms with E-state index in [0.29, 0.717) is 5.92 Å². The molecular weight excluding hydrogens is 172 g/mol. The summed E-state index contributed by atoms with van der Waals surface area (Å²) < 4.78 is 0. The van der Waals surface area contributed by atoms with E-state index in [9.17, 15) is 0 Å². The molecule has 0 bridgehead atoms. The second-order valence-corrected chi connectivity index (χ2v) is 4.35. The SMILES string of the molecule is CC(CNC1CC1)Cc1cccnc1. The molecule has 2 nitrogen and oxygen atoms in total. The molecule has 0 saturated heterocycles. The lowest BCUT2D eigenvalue weighted by atomic mass is 10.0. The second-order valence-electron chi connectivity index (χ2n) is 4.35. The van der Waals surface area contributed by atoms with Crippen LogP contribution in [0.1, 0.15) is 25.3 Å². The Morgan fingerprint density at radius 3 is 3.07 bits per heavy atom. The quantitative estimate of drug-likeness (QED) is 0.768. The maximum atomic E-state index is 4.12. The second kappa shape index (κ2) is 4.56. The molecule has 0 aromatic carbocycles. The molecule has 14 heavy (non-hydrogen) atoms. The minimum absolute atomic E-state index is 0.708. The Balaban J connectivity index is 1.73. The Kier molecular flexibility index (Phi) is 3.14. The third-order valence-corrected chi connectivity index (χ3v) is 2.64. The number of aromatic nitrogens is 1. The number of hydrogen-bond donors (Lipinski definition) is 1. The molecule has 0 amide bonds. The summed E-state index contributed by atoms with van der Waals surface area (Å²) in [4.78, 5) is 4.12. The Bertz CT molecular complexity index is 267. The van der Waals surface area contributed by atoms with Gasteiger partial charge in [0.1, 0.15) is 0 Å². The summed E-state index contributed by atoms with van der Waals surface area (Å²) >= 11 is 0. The zero-order valence-corrected chi connectivity index (χ0v) is 8.74. The van der Waals surface area contributed by atoms with Crippen LogP contribution in [0.4, 0.5) is 0 Å². The van der Waals surface area contributed by atoms with E-state index < -0.39 is 0 Å². The first kappa shape index (κ1) is 9.66. The minimum atomic E-state index is 0.708. The average molecular weight is 190 g/mol. The van der Waals surface area contributed by atoms with Gasteiger partial charge in [0.2, 0.25) is 0 Å². The molecule has 1 unspecified atom stereocenters. The molecule has 1 saturated carbocycles. The van der Waals surface area contributed by atoms with Crippen molar-refractivity contribution >= 4 is 0 Å². The van der Waals surface area contributed by atoms with E-state index in [2.05, 4.69) is 23.3 Å². The summed E-state index contributed by atoms with van der Waals surface area (Å²) in [6, 6.07) is 4.99. The highest BCUT2D eigenvalue weighted by molar-refractivity contribution is 5.09. The fourth-order valence-electron chi connectivity index (χ4n) is 1.65. The maximum absolute atomic E-state index is 4.12. The summed E-state index contributed by atoms with van der Waals surface area (Å²) in [6.45, 7) is 3.43. The third-order valence-electron chi connectivity index (χ3n) is 2.64. The first-order valence-electron chi connectivity index (χ1n) is 5.47.